The minimum absolute atomic E-state index is 0. The van der Waals surface area contributed by atoms with Crippen molar-refractivity contribution < 1.29 is 4.79 Å². The Morgan fingerprint density at radius 2 is 2.00 bits per heavy atom. The molecule has 1 heterocycles. The average molecular weight is 309 g/mol. The van der Waals surface area contributed by atoms with Crippen LogP contribution in [0.2, 0.25) is 0 Å². The lowest BCUT2D eigenvalue weighted by Gasteiger charge is -2.44. The van der Waals surface area contributed by atoms with Crippen molar-refractivity contribution in [3.8, 4) is 0 Å². The number of halogens is 1. The van der Waals surface area contributed by atoms with Crippen molar-refractivity contribution >= 4 is 18.3 Å². The van der Waals surface area contributed by atoms with Crippen LogP contribution in [0.4, 0.5) is 0 Å². The van der Waals surface area contributed by atoms with Gasteiger partial charge in [0.2, 0.25) is 5.91 Å². The van der Waals surface area contributed by atoms with Crippen LogP contribution in [0.5, 0.6) is 0 Å². The second-order valence-corrected chi connectivity index (χ2v) is 6.49. The van der Waals surface area contributed by atoms with Crippen LogP contribution >= 0.6 is 12.4 Å². The fourth-order valence-corrected chi connectivity index (χ4v) is 3.19. The molecular weight excluding hydrogens is 284 g/mol. The minimum atomic E-state index is 0. The van der Waals surface area contributed by atoms with E-state index in [1.165, 1.54) is 12.0 Å². The van der Waals surface area contributed by atoms with E-state index in [0.29, 0.717) is 5.92 Å². The largest absolute Gasteiger partial charge is 0.350 e. The second-order valence-electron chi connectivity index (χ2n) is 6.49. The quantitative estimate of drug-likeness (QED) is 0.877. The third-order valence-electron chi connectivity index (χ3n) is 5.02. The van der Waals surface area contributed by atoms with Crippen molar-refractivity contribution in [2.45, 2.75) is 38.1 Å². The first-order valence-electron chi connectivity index (χ1n) is 7.75. The molecule has 1 aliphatic heterocycles. The molecule has 1 aromatic carbocycles. The van der Waals surface area contributed by atoms with Crippen molar-refractivity contribution in [3.05, 3.63) is 35.9 Å². The van der Waals surface area contributed by atoms with E-state index < -0.39 is 0 Å². The monoisotopic (exact) mass is 308 g/mol. The number of carbonyl (C=O) groups is 1. The van der Waals surface area contributed by atoms with Crippen LogP contribution < -0.4 is 10.6 Å². The minimum Gasteiger partial charge on any atom is -0.350 e. The summed E-state index contributed by atoms with van der Waals surface area (Å²) in [7, 11) is 0. The molecule has 1 saturated heterocycles. The van der Waals surface area contributed by atoms with Gasteiger partial charge in [0.25, 0.3) is 0 Å². The maximum Gasteiger partial charge on any atom is 0.223 e. The van der Waals surface area contributed by atoms with E-state index in [9.17, 15) is 4.79 Å². The van der Waals surface area contributed by atoms with E-state index in [2.05, 4.69) is 41.8 Å². The molecule has 1 aromatic rings. The SMILES string of the molecule is CC(C(=O)NC1(Cc2ccccc2)CCC1)C1CNC1.Cl. The predicted octanol–water partition coefficient (Wildman–Crippen LogP) is 2.55. The zero-order valence-corrected chi connectivity index (χ0v) is 13.4. The van der Waals surface area contributed by atoms with Crippen molar-refractivity contribution in [1.29, 1.82) is 0 Å². The Morgan fingerprint density at radius 3 is 2.48 bits per heavy atom. The Hall–Kier alpha value is -1.06. The first-order chi connectivity index (χ1) is 9.69. The van der Waals surface area contributed by atoms with E-state index in [0.717, 1.165) is 32.4 Å². The summed E-state index contributed by atoms with van der Waals surface area (Å²) in [6.07, 6.45) is 4.42. The van der Waals surface area contributed by atoms with Gasteiger partial charge < -0.3 is 10.6 Å². The Kier molecular flexibility index (Phi) is 5.28. The molecule has 21 heavy (non-hydrogen) atoms. The lowest BCUT2D eigenvalue weighted by molar-refractivity contribution is -0.129. The molecule has 3 rings (SSSR count). The summed E-state index contributed by atoms with van der Waals surface area (Å²) in [5, 5.41) is 6.61. The highest BCUT2D eigenvalue weighted by atomic mass is 35.5. The van der Waals surface area contributed by atoms with Crippen molar-refractivity contribution in [2.75, 3.05) is 13.1 Å². The molecule has 1 amide bonds. The highest BCUT2D eigenvalue weighted by molar-refractivity contribution is 5.85. The number of amides is 1. The summed E-state index contributed by atoms with van der Waals surface area (Å²) in [6.45, 7) is 4.04. The lowest BCUT2D eigenvalue weighted by atomic mass is 9.72. The van der Waals surface area contributed by atoms with Crippen molar-refractivity contribution in [2.24, 2.45) is 11.8 Å². The molecule has 0 bridgehead atoms. The number of rotatable bonds is 5. The molecular formula is C17H25ClN2O. The molecule has 3 nitrogen and oxygen atoms in total. The molecule has 4 heteroatoms. The zero-order valence-electron chi connectivity index (χ0n) is 12.6. The maximum atomic E-state index is 12.4. The van der Waals surface area contributed by atoms with E-state index in [1.807, 2.05) is 6.07 Å². The van der Waals surface area contributed by atoms with Crippen molar-refractivity contribution in [3.63, 3.8) is 0 Å². The topological polar surface area (TPSA) is 41.1 Å². The van der Waals surface area contributed by atoms with Gasteiger partial charge >= 0.3 is 0 Å². The molecule has 116 valence electrons. The van der Waals surface area contributed by atoms with Crippen LogP contribution in [-0.4, -0.2) is 24.5 Å². The molecule has 2 fully saturated rings. The summed E-state index contributed by atoms with van der Waals surface area (Å²) in [5.41, 5.74) is 1.34. The molecule has 1 saturated carbocycles. The number of nitrogens with one attached hydrogen (secondary N) is 2. The van der Waals surface area contributed by atoms with Gasteiger partial charge in [-0.05, 0) is 50.3 Å². The third-order valence-corrected chi connectivity index (χ3v) is 5.02. The second kappa shape index (κ2) is 6.80. The van der Waals surface area contributed by atoms with Crippen LogP contribution in [0, 0.1) is 11.8 Å². The van der Waals surface area contributed by atoms with Crippen LogP contribution in [-0.2, 0) is 11.2 Å². The van der Waals surface area contributed by atoms with Gasteiger partial charge in [-0.3, -0.25) is 4.79 Å². The summed E-state index contributed by atoms with van der Waals surface area (Å²) >= 11 is 0. The summed E-state index contributed by atoms with van der Waals surface area (Å²) < 4.78 is 0. The first kappa shape index (κ1) is 16.3. The van der Waals surface area contributed by atoms with Crippen molar-refractivity contribution in [1.82, 2.24) is 10.6 Å². The number of hydrogen-bond acceptors (Lipinski definition) is 2. The number of carbonyl (C=O) groups excluding carboxylic acids is 1. The van der Waals surface area contributed by atoms with Gasteiger partial charge in [0, 0.05) is 11.5 Å². The Bertz CT molecular complexity index is 469. The summed E-state index contributed by atoms with van der Waals surface area (Å²) in [4.78, 5) is 12.4. The molecule has 0 spiro atoms. The van der Waals surface area contributed by atoms with Crippen LogP contribution in [0.3, 0.4) is 0 Å². The smallest absolute Gasteiger partial charge is 0.223 e. The molecule has 0 radical (unpaired) electrons. The maximum absolute atomic E-state index is 12.4. The standard InChI is InChI=1S/C17H24N2O.ClH/c1-13(15-11-18-12-15)16(20)19-17(8-5-9-17)10-14-6-3-2-4-7-14;/h2-4,6-7,13,15,18H,5,8-12H2,1H3,(H,19,20);1H. The zero-order chi connectivity index (χ0) is 14.0. The Labute approximate surface area is 133 Å². The molecule has 0 aromatic heterocycles. The predicted molar refractivity (Wildman–Crippen MR) is 87.6 cm³/mol. The lowest BCUT2D eigenvalue weighted by Crippen LogP contribution is -2.58. The normalized spacial score (nSPS) is 21.4. The molecule has 1 unspecified atom stereocenters. The highest BCUT2D eigenvalue weighted by Gasteiger charge is 2.40. The van der Waals surface area contributed by atoms with Gasteiger partial charge in [0.05, 0.1) is 0 Å². The van der Waals surface area contributed by atoms with Crippen LogP contribution in [0.25, 0.3) is 0 Å². The third kappa shape index (κ3) is 3.58. The summed E-state index contributed by atoms with van der Waals surface area (Å²) in [6, 6.07) is 10.5. The molecule has 1 atom stereocenters. The molecule has 2 aliphatic rings. The van der Waals surface area contributed by atoms with Gasteiger partial charge in [-0.25, -0.2) is 0 Å². The van der Waals surface area contributed by atoms with E-state index in [4.69, 9.17) is 0 Å². The van der Waals surface area contributed by atoms with E-state index >= 15 is 0 Å². The van der Waals surface area contributed by atoms with Gasteiger partial charge in [-0.2, -0.15) is 0 Å². The highest BCUT2D eigenvalue weighted by Crippen LogP contribution is 2.35. The fraction of sp³-hybridized carbons (Fsp3) is 0.588. The average Bonchev–Trinajstić information content (AvgIpc) is 2.35. The number of hydrogen-bond donors (Lipinski definition) is 2. The fourth-order valence-electron chi connectivity index (χ4n) is 3.19. The van der Waals surface area contributed by atoms with Crippen LogP contribution in [0.15, 0.2) is 30.3 Å². The van der Waals surface area contributed by atoms with Gasteiger partial charge in [-0.15, -0.1) is 12.4 Å². The summed E-state index contributed by atoms with van der Waals surface area (Å²) in [5.74, 6) is 0.889. The van der Waals surface area contributed by atoms with Crippen LogP contribution in [0.1, 0.15) is 31.7 Å². The molecule has 2 N–H and O–H groups in total. The molecule has 1 aliphatic carbocycles. The van der Waals surface area contributed by atoms with E-state index in [-0.39, 0.29) is 29.8 Å². The Balaban J connectivity index is 0.00000161. The van der Waals surface area contributed by atoms with E-state index in [1.54, 1.807) is 0 Å². The van der Waals surface area contributed by atoms with Gasteiger partial charge in [-0.1, -0.05) is 37.3 Å². The first-order valence-corrected chi connectivity index (χ1v) is 7.75. The Morgan fingerprint density at radius 1 is 1.33 bits per heavy atom. The van der Waals surface area contributed by atoms with Gasteiger partial charge in [0.15, 0.2) is 0 Å². The number of benzene rings is 1. The van der Waals surface area contributed by atoms with Gasteiger partial charge in [0.1, 0.15) is 0 Å².